The number of aryl methyl sites for hydroxylation is 2. The first kappa shape index (κ1) is 17.5. The largest absolute Gasteiger partial charge is 0.496 e. The Balaban J connectivity index is 2.06. The number of ether oxygens (including phenoxy) is 1. The predicted octanol–water partition coefficient (Wildman–Crippen LogP) is 3.58. The minimum absolute atomic E-state index is 0.163. The maximum atomic E-state index is 12.2. The number of nitrogens with one attached hydrogen (secondary N) is 1. The Morgan fingerprint density at radius 3 is 2.50 bits per heavy atom. The molecule has 5 heteroatoms. The number of hydrogen-bond acceptors (Lipinski definition) is 3. The van der Waals surface area contributed by atoms with Crippen molar-refractivity contribution in [3.8, 4) is 5.75 Å². The molecule has 0 aliphatic heterocycles. The standard InChI is InChI=1S/C19H21NO4/c1-12-8-10-16(13(2)18(12)24-3)20-17(21)11-9-14-6-4-5-7-15(14)19(22)23/h4-8,10H,9,11H2,1-3H3,(H,20,21)(H,22,23). The van der Waals surface area contributed by atoms with Gasteiger partial charge in [0, 0.05) is 17.7 Å². The lowest BCUT2D eigenvalue weighted by atomic mass is 10.0. The number of aromatic carboxylic acids is 1. The molecule has 1 amide bonds. The molecule has 2 aromatic rings. The zero-order valence-electron chi connectivity index (χ0n) is 14.1. The lowest BCUT2D eigenvalue weighted by molar-refractivity contribution is -0.116. The molecule has 0 unspecified atom stereocenters. The summed E-state index contributed by atoms with van der Waals surface area (Å²) < 4.78 is 5.35. The highest BCUT2D eigenvalue weighted by atomic mass is 16.5. The maximum absolute atomic E-state index is 12.2. The monoisotopic (exact) mass is 327 g/mol. The Morgan fingerprint density at radius 1 is 1.12 bits per heavy atom. The summed E-state index contributed by atoms with van der Waals surface area (Å²) in [6.07, 6.45) is 0.580. The van der Waals surface area contributed by atoms with Gasteiger partial charge in [0.05, 0.1) is 12.7 Å². The molecule has 0 bridgehead atoms. The van der Waals surface area contributed by atoms with Crippen molar-refractivity contribution in [3.05, 3.63) is 58.7 Å². The summed E-state index contributed by atoms with van der Waals surface area (Å²) in [5.41, 5.74) is 3.46. The van der Waals surface area contributed by atoms with Gasteiger partial charge in [0.2, 0.25) is 5.91 Å². The van der Waals surface area contributed by atoms with Crippen molar-refractivity contribution >= 4 is 17.6 Å². The molecule has 2 rings (SSSR count). The molecule has 2 aromatic carbocycles. The number of carbonyl (C=O) groups is 2. The number of benzene rings is 2. The molecular weight excluding hydrogens is 306 g/mol. The molecule has 5 nitrogen and oxygen atoms in total. The van der Waals surface area contributed by atoms with Crippen LogP contribution in [-0.4, -0.2) is 24.1 Å². The van der Waals surface area contributed by atoms with Crippen molar-refractivity contribution in [2.75, 3.05) is 12.4 Å². The van der Waals surface area contributed by atoms with Crippen LogP contribution in [0, 0.1) is 13.8 Å². The quantitative estimate of drug-likeness (QED) is 0.850. The van der Waals surface area contributed by atoms with Gasteiger partial charge >= 0.3 is 5.97 Å². The zero-order valence-corrected chi connectivity index (χ0v) is 14.1. The van der Waals surface area contributed by atoms with Crippen LogP contribution in [0.25, 0.3) is 0 Å². The van der Waals surface area contributed by atoms with Crippen LogP contribution in [0.3, 0.4) is 0 Å². The van der Waals surface area contributed by atoms with E-state index in [1.165, 1.54) is 0 Å². The Labute approximate surface area is 141 Å². The van der Waals surface area contributed by atoms with E-state index in [0.717, 1.165) is 16.9 Å². The number of amides is 1. The summed E-state index contributed by atoms with van der Waals surface area (Å²) in [6, 6.07) is 10.5. The van der Waals surface area contributed by atoms with Gasteiger partial charge in [-0.2, -0.15) is 0 Å². The third-order valence-corrected chi connectivity index (χ3v) is 3.95. The molecular formula is C19H21NO4. The van der Waals surface area contributed by atoms with Crippen LogP contribution in [0.2, 0.25) is 0 Å². The molecule has 0 atom stereocenters. The van der Waals surface area contributed by atoms with Crippen molar-refractivity contribution in [1.29, 1.82) is 0 Å². The summed E-state index contributed by atoms with van der Waals surface area (Å²) in [5.74, 6) is -0.390. The van der Waals surface area contributed by atoms with Gasteiger partial charge in [0.1, 0.15) is 5.75 Å². The minimum atomic E-state index is -0.981. The smallest absolute Gasteiger partial charge is 0.335 e. The summed E-state index contributed by atoms with van der Waals surface area (Å²) in [6.45, 7) is 3.83. The van der Waals surface area contributed by atoms with Crippen molar-refractivity contribution in [2.24, 2.45) is 0 Å². The zero-order chi connectivity index (χ0) is 17.7. The Bertz CT molecular complexity index is 768. The number of hydrogen-bond donors (Lipinski definition) is 2. The normalized spacial score (nSPS) is 10.3. The molecule has 0 heterocycles. The first-order valence-electron chi connectivity index (χ1n) is 7.69. The second-order valence-corrected chi connectivity index (χ2v) is 5.60. The van der Waals surface area contributed by atoms with Gasteiger partial charge in [-0.3, -0.25) is 4.79 Å². The second-order valence-electron chi connectivity index (χ2n) is 5.60. The van der Waals surface area contributed by atoms with Crippen molar-refractivity contribution in [3.63, 3.8) is 0 Å². The van der Waals surface area contributed by atoms with E-state index in [1.807, 2.05) is 26.0 Å². The van der Waals surface area contributed by atoms with Gasteiger partial charge in [-0.1, -0.05) is 24.3 Å². The molecule has 0 saturated carbocycles. The van der Waals surface area contributed by atoms with Crippen LogP contribution >= 0.6 is 0 Å². The molecule has 0 saturated heterocycles. The highest BCUT2D eigenvalue weighted by Gasteiger charge is 2.13. The predicted molar refractivity (Wildman–Crippen MR) is 92.8 cm³/mol. The molecule has 0 spiro atoms. The fourth-order valence-corrected chi connectivity index (χ4v) is 2.68. The summed E-state index contributed by atoms with van der Waals surface area (Å²) in [4.78, 5) is 23.4. The highest BCUT2D eigenvalue weighted by molar-refractivity contribution is 5.93. The Kier molecular flexibility index (Phi) is 5.58. The molecule has 0 fully saturated rings. The lowest BCUT2D eigenvalue weighted by Gasteiger charge is -2.14. The molecule has 2 N–H and O–H groups in total. The van der Waals surface area contributed by atoms with Gasteiger partial charge in [-0.05, 0) is 43.5 Å². The molecule has 0 aliphatic carbocycles. The highest BCUT2D eigenvalue weighted by Crippen LogP contribution is 2.29. The van der Waals surface area contributed by atoms with E-state index >= 15 is 0 Å². The van der Waals surface area contributed by atoms with E-state index in [9.17, 15) is 14.7 Å². The van der Waals surface area contributed by atoms with Crippen molar-refractivity contribution in [1.82, 2.24) is 0 Å². The van der Waals surface area contributed by atoms with E-state index < -0.39 is 5.97 Å². The van der Waals surface area contributed by atoms with E-state index in [0.29, 0.717) is 17.7 Å². The maximum Gasteiger partial charge on any atom is 0.335 e. The van der Waals surface area contributed by atoms with Gasteiger partial charge in [-0.15, -0.1) is 0 Å². The van der Waals surface area contributed by atoms with Crippen LogP contribution in [0.5, 0.6) is 5.75 Å². The van der Waals surface area contributed by atoms with E-state index in [1.54, 1.807) is 31.4 Å². The van der Waals surface area contributed by atoms with Gasteiger partial charge in [0.15, 0.2) is 0 Å². The third kappa shape index (κ3) is 3.93. The van der Waals surface area contributed by atoms with E-state index in [2.05, 4.69) is 5.32 Å². The van der Waals surface area contributed by atoms with Crippen LogP contribution < -0.4 is 10.1 Å². The third-order valence-electron chi connectivity index (χ3n) is 3.95. The van der Waals surface area contributed by atoms with Crippen LogP contribution in [0.15, 0.2) is 36.4 Å². The average molecular weight is 327 g/mol. The average Bonchev–Trinajstić information content (AvgIpc) is 2.56. The Morgan fingerprint density at radius 2 is 1.83 bits per heavy atom. The number of carboxylic acid groups (broad SMARTS) is 1. The minimum Gasteiger partial charge on any atom is -0.496 e. The molecule has 0 radical (unpaired) electrons. The van der Waals surface area contributed by atoms with Gasteiger partial charge in [-0.25, -0.2) is 4.79 Å². The summed E-state index contributed by atoms with van der Waals surface area (Å²) in [5, 5.41) is 12.0. The van der Waals surface area contributed by atoms with Crippen LogP contribution in [0.4, 0.5) is 5.69 Å². The molecule has 126 valence electrons. The number of carboxylic acids is 1. The van der Waals surface area contributed by atoms with E-state index in [-0.39, 0.29) is 17.9 Å². The lowest BCUT2D eigenvalue weighted by Crippen LogP contribution is -2.14. The number of carbonyl (C=O) groups excluding carboxylic acids is 1. The van der Waals surface area contributed by atoms with Gasteiger partial charge in [0.25, 0.3) is 0 Å². The topological polar surface area (TPSA) is 75.6 Å². The fourth-order valence-electron chi connectivity index (χ4n) is 2.68. The number of methoxy groups -OCH3 is 1. The number of anilines is 1. The first-order valence-corrected chi connectivity index (χ1v) is 7.69. The second kappa shape index (κ2) is 7.64. The SMILES string of the molecule is COc1c(C)ccc(NC(=O)CCc2ccccc2C(=O)O)c1C. The summed E-state index contributed by atoms with van der Waals surface area (Å²) >= 11 is 0. The molecule has 0 aromatic heterocycles. The van der Waals surface area contributed by atoms with Crippen LogP contribution in [-0.2, 0) is 11.2 Å². The first-order chi connectivity index (χ1) is 11.4. The van der Waals surface area contributed by atoms with Crippen molar-refractivity contribution < 1.29 is 19.4 Å². The number of rotatable bonds is 6. The fraction of sp³-hybridized carbons (Fsp3) is 0.263. The Hall–Kier alpha value is -2.82. The summed E-state index contributed by atoms with van der Waals surface area (Å²) in [7, 11) is 1.60. The van der Waals surface area contributed by atoms with Gasteiger partial charge < -0.3 is 15.2 Å². The van der Waals surface area contributed by atoms with Crippen LogP contribution in [0.1, 0.15) is 33.5 Å². The van der Waals surface area contributed by atoms with E-state index in [4.69, 9.17) is 4.74 Å². The van der Waals surface area contributed by atoms with Crippen molar-refractivity contribution in [2.45, 2.75) is 26.7 Å². The molecule has 24 heavy (non-hydrogen) atoms. The molecule has 0 aliphatic rings.